The molecule has 0 aromatic heterocycles. The normalized spacial score (nSPS) is 28.8. The summed E-state index contributed by atoms with van der Waals surface area (Å²) in [4.78, 5) is 0. The summed E-state index contributed by atoms with van der Waals surface area (Å²) in [7, 11) is 1.66. The first-order chi connectivity index (χ1) is 7.72. The zero-order valence-corrected chi connectivity index (χ0v) is 9.98. The minimum atomic E-state index is 0.0162. The van der Waals surface area contributed by atoms with Crippen molar-refractivity contribution in [3.8, 4) is 0 Å². The van der Waals surface area contributed by atoms with Crippen LogP contribution in [0, 0.1) is 0 Å². The average Bonchev–Trinajstić information content (AvgIpc) is 2.26. The Kier molecular flexibility index (Phi) is 3.82. The van der Waals surface area contributed by atoms with Crippen molar-refractivity contribution in [2.24, 2.45) is 5.73 Å². The summed E-state index contributed by atoms with van der Waals surface area (Å²) in [6, 6.07) is 7.78. The minimum Gasteiger partial charge on any atom is -0.377 e. The number of benzene rings is 1. The van der Waals surface area contributed by atoms with E-state index in [2.05, 4.69) is 0 Å². The highest BCUT2D eigenvalue weighted by molar-refractivity contribution is 6.31. The van der Waals surface area contributed by atoms with E-state index in [1.54, 1.807) is 7.11 Å². The van der Waals surface area contributed by atoms with E-state index in [4.69, 9.17) is 26.8 Å². The highest BCUT2D eigenvalue weighted by Crippen LogP contribution is 2.27. The van der Waals surface area contributed by atoms with E-state index in [-0.39, 0.29) is 18.2 Å². The maximum absolute atomic E-state index is 6.03. The van der Waals surface area contributed by atoms with Crippen molar-refractivity contribution in [1.82, 2.24) is 0 Å². The average molecular weight is 242 g/mol. The van der Waals surface area contributed by atoms with Crippen molar-refractivity contribution in [2.75, 3.05) is 7.11 Å². The monoisotopic (exact) mass is 241 g/mol. The molecule has 0 heterocycles. The molecule has 3 unspecified atom stereocenters. The number of hydrogen-bond acceptors (Lipinski definition) is 3. The molecule has 0 spiro atoms. The van der Waals surface area contributed by atoms with Gasteiger partial charge < -0.3 is 15.2 Å². The highest BCUT2D eigenvalue weighted by atomic mass is 35.5. The lowest BCUT2D eigenvalue weighted by Gasteiger charge is -2.41. The fraction of sp³-hybridized carbons (Fsp3) is 0.500. The van der Waals surface area contributed by atoms with E-state index in [1.165, 1.54) is 0 Å². The molecule has 1 aliphatic carbocycles. The molecule has 0 radical (unpaired) electrons. The van der Waals surface area contributed by atoms with E-state index in [1.807, 2.05) is 24.3 Å². The third-order valence-electron chi connectivity index (χ3n) is 2.98. The predicted molar refractivity (Wildman–Crippen MR) is 63.4 cm³/mol. The van der Waals surface area contributed by atoms with Crippen LogP contribution in [-0.2, 0) is 16.1 Å². The largest absolute Gasteiger partial charge is 0.377 e. The Balaban J connectivity index is 1.87. The van der Waals surface area contributed by atoms with Gasteiger partial charge in [0.25, 0.3) is 0 Å². The molecule has 3 nitrogen and oxygen atoms in total. The maximum Gasteiger partial charge on any atom is 0.0984 e. The molecule has 2 N–H and O–H groups in total. The molecule has 1 saturated carbocycles. The molecule has 0 aliphatic heterocycles. The van der Waals surface area contributed by atoms with Gasteiger partial charge >= 0.3 is 0 Å². The zero-order valence-electron chi connectivity index (χ0n) is 9.23. The minimum absolute atomic E-state index is 0.0162. The van der Waals surface area contributed by atoms with Gasteiger partial charge in [-0.1, -0.05) is 29.8 Å². The Labute approximate surface area is 100 Å². The van der Waals surface area contributed by atoms with Crippen LogP contribution in [0.1, 0.15) is 12.0 Å². The van der Waals surface area contributed by atoms with Gasteiger partial charge in [-0.25, -0.2) is 0 Å². The van der Waals surface area contributed by atoms with Crippen LogP contribution in [-0.4, -0.2) is 25.4 Å². The van der Waals surface area contributed by atoms with Crippen molar-refractivity contribution in [3.63, 3.8) is 0 Å². The Hall–Kier alpha value is -0.610. The van der Waals surface area contributed by atoms with Crippen molar-refractivity contribution in [3.05, 3.63) is 34.9 Å². The van der Waals surface area contributed by atoms with E-state index in [9.17, 15) is 0 Å². The van der Waals surface area contributed by atoms with E-state index in [0.717, 1.165) is 17.0 Å². The summed E-state index contributed by atoms with van der Waals surface area (Å²) in [5, 5.41) is 0.736. The van der Waals surface area contributed by atoms with Crippen molar-refractivity contribution >= 4 is 11.6 Å². The van der Waals surface area contributed by atoms with Crippen molar-refractivity contribution in [1.29, 1.82) is 0 Å². The Bertz CT molecular complexity index is 359. The summed E-state index contributed by atoms with van der Waals surface area (Å²) in [5.74, 6) is 0. The second-order valence-electron chi connectivity index (χ2n) is 4.04. The molecule has 1 aliphatic rings. The first kappa shape index (κ1) is 11.9. The third kappa shape index (κ3) is 2.38. The summed E-state index contributed by atoms with van der Waals surface area (Å²) in [5.41, 5.74) is 6.79. The molecule has 3 atom stereocenters. The molecular formula is C12H16ClNO2. The predicted octanol–water partition coefficient (Wildman–Crippen LogP) is 1.97. The second kappa shape index (κ2) is 5.15. The Morgan fingerprint density at radius 1 is 1.44 bits per heavy atom. The number of rotatable bonds is 4. The SMILES string of the molecule is COC1C(N)CC1OCc1ccccc1Cl. The molecule has 0 bridgehead atoms. The summed E-state index contributed by atoms with van der Waals surface area (Å²) in [6.45, 7) is 0.511. The summed E-state index contributed by atoms with van der Waals surface area (Å²) >= 11 is 6.03. The van der Waals surface area contributed by atoms with Crippen LogP contribution in [0.15, 0.2) is 24.3 Å². The highest BCUT2D eigenvalue weighted by Gasteiger charge is 2.39. The van der Waals surface area contributed by atoms with Crippen molar-refractivity contribution in [2.45, 2.75) is 31.3 Å². The molecule has 0 saturated heterocycles. The van der Waals surface area contributed by atoms with Gasteiger partial charge in [-0.3, -0.25) is 0 Å². The van der Waals surface area contributed by atoms with Gasteiger partial charge in [-0.2, -0.15) is 0 Å². The molecule has 0 amide bonds. The van der Waals surface area contributed by atoms with Gasteiger partial charge in [0.1, 0.15) is 0 Å². The standard InChI is InChI=1S/C12H16ClNO2/c1-15-12-10(14)6-11(12)16-7-8-4-2-3-5-9(8)13/h2-5,10-12H,6-7,14H2,1H3. The zero-order chi connectivity index (χ0) is 11.5. The molecule has 16 heavy (non-hydrogen) atoms. The molecule has 2 rings (SSSR count). The molecule has 1 aromatic rings. The van der Waals surface area contributed by atoms with Crippen LogP contribution >= 0.6 is 11.6 Å². The lowest BCUT2D eigenvalue weighted by molar-refractivity contribution is -0.131. The van der Waals surface area contributed by atoms with Crippen LogP contribution in [0.2, 0.25) is 5.02 Å². The van der Waals surface area contributed by atoms with Crippen LogP contribution in [0.5, 0.6) is 0 Å². The molecular weight excluding hydrogens is 226 g/mol. The van der Waals surface area contributed by atoms with Crippen LogP contribution in [0.3, 0.4) is 0 Å². The van der Waals surface area contributed by atoms with Gasteiger partial charge in [0.2, 0.25) is 0 Å². The fourth-order valence-corrected chi connectivity index (χ4v) is 2.11. The van der Waals surface area contributed by atoms with Gasteiger partial charge in [0.05, 0.1) is 18.8 Å². The molecule has 88 valence electrons. The Morgan fingerprint density at radius 3 is 2.81 bits per heavy atom. The van der Waals surface area contributed by atoms with Gasteiger partial charge in [-0.15, -0.1) is 0 Å². The smallest absolute Gasteiger partial charge is 0.0984 e. The molecule has 1 fully saturated rings. The van der Waals surface area contributed by atoms with Crippen molar-refractivity contribution < 1.29 is 9.47 Å². The van der Waals surface area contributed by atoms with Gasteiger partial charge in [-0.05, 0) is 18.1 Å². The fourth-order valence-electron chi connectivity index (χ4n) is 1.92. The number of methoxy groups -OCH3 is 1. The number of nitrogens with two attached hydrogens (primary N) is 1. The van der Waals surface area contributed by atoms with E-state index >= 15 is 0 Å². The van der Waals surface area contributed by atoms with Crippen LogP contribution < -0.4 is 5.73 Å². The summed E-state index contributed by atoms with van der Waals surface area (Å²) < 4.78 is 11.0. The molecule has 1 aromatic carbocycles. The lowest BCUT2D eigenvalue weighted by atomic mass is 9.86. The number of ether oxygens (including phenoxy) is 2. The first-order valence-electron chi connectivity index (χ1n) is 5.35. The topological polar surface area (TPSA) is 44.5 Å². The quantitative estimate of drug-likeness (QED) is 0.877. The van der Waals surface area contributed by atoms with Gasteiger partial charge in [0.15, 0.2) is 0 Å². The lowest BCUT2D eigenvalue weighted by Crippen LogP contribution is -2.57. The summed E-state index contributed by atoms with van der Waals surface area (Å²) in [6.07, 6.45) is 0.960. The number of halogens is 1. The second-order valence-corrected chi connectivity index (χ2v) is 4.45. The number of hydrogen-bond donors (Lipinski definition) is 1. The van der Waals surface area contributed by atoms with Crippen LogP contribution in [0.25, 0.3) is 0 Å². The van der Waals surface area contributed by atoms with Crippen LogP contribution in [0.4, 0.5) is 0 Å². The first-order valence-corrected chi connectivity index (χ1v) is 5.73. The van der Waals surface area contributed by atoms with E-state index < -0.39 is 0 Å². The Morgan fingerprint density at radius 2 is 2.19 bits per heavy atom. The maximum atomic E-state index is 6.03. The molecule has 4 heteroatoms. The third-order valence-corrected chi connectivity index (χ3v) is 3.34. The van der Waals surface area contributed by atoms with E-state index in [0.29, 0.717) is 6.61 Å². The van der Waals surface area contributed by atoms with Gasteiger partial charge in [0, 0.05) is 18.2 Å².